The fourth-order valence-corrected chi connectivity index (χ4v) is 2.43. The molecule has 21 heavy (non-hydrogen) atoms. The molecule has 8 heteroatoms. The quantitative estimate of drug-likeness (QED) is 0.839. The molecule has 1 aliphatic heterocycles. The Bertz CT molecular complexity index is 576. The van der Waals surface area contributed by atoms with Crippen molar-refractivity contribution in [3.8, 4) is 5.95 Å². The number of aromatic nitrogens is 5. The van der Waals surface area contributed by atoms with E-state index in [1.807, 2.05) is 11.9 Å². The highest BCUT2D eigenvalue weighted by Gasteiger charge is 2.14. The second-order valence-corrected chi connectivity index (χ2v) is 5.23. The Labute approximate surface area is 123 Å². The van der Waals surface area contributed by atoms with Gasteiger partial charge in [-0.2, -0.15) is 15.0 Å². The zero-order valence-electron chi connectivity index (χ0n) is 12.2. The summed E-state index contributed by atoms with van der Waals surface area (Å²) >= 11 is 0. The van der Waals surface area contributed by atoms with E-state index in [1.165, 1.54) is 25.9 Å². The predicted octanol–water partition coefficient (Wildman–Crippen LogP) is 0.172. The van der Waals surface area contributed by atoms with Crippen molar-refractivity contribution in [2.45, 2.75) is 12.8 Å². The smallest absolute Gasteiger partial charge is 0.241 e. The SMILES string of the molecule is CN(CCN1CCCC1)c1nc(N)nc(-n2ccnc2)n1. The van der Waals surface area contributed by atoms with Crippen LogP contribution >= 0.6 is 0 Å². The summed E-state index contributed by atoms with van der Waals surface area (Å²) in [5.74, 6) is 1.30. The molecule has 0 saturated carbocycles. The molecule has 3 heterocycles. The number of nitrogens with two attached hydrogens (primary N) is 1. The number of nitrogen functional groups attached to an aromatic ring is 1. The monoisotopic (exact) mass is 288 g/mol. The topological polar surface area (TPSA) is 89.0 Å². The number of hydrogen-bond acceptors (Lipinski definition) is 7. The van der Waals surface area contributed by atoms with Gasteiger partial charge < -0.3 is 15.5 Å². The third kappa shape index (κ3) is 3.27. The third-order valence-electron chi connectivity index (χ3n) is 3.66. The molecule has 1 fully saturated rings. The first-order valence-corrected chi connectivity index (χ1v) is 7.16. The Morgan fingerprint density at radius 1 is 1.24 bits per heavy atom. The number of likely N-dealkylation sites (tertiary alicyclic amines) is 1. The molecule has 0 amide bonds. The molecule has 0 unspecified atom stereocenters. The molecular weight excluding hydrogens is 268 g/mol. The van der Waals surface area contributed by atoms with Gasteiger partial charge in [-0.25, -0.2) is 4.98 Å². The van der Waals surface area contributed by atoms with Gasteiger partial charge in [0.2, 0.25) is 17.8 Å². The Morgan fingerprint density at radius 3 is 2.76 bits per heavy atom. The molecule has 112 valence electrons. The highest BCUT2D eigenvalue weighted by Crippen LogP contribution is 2.11. The molecule has 0 radical (unpaired) electrons. The van der Waals surface area contributed by atoms with Crippen molar-refractivity contribution >= 4 is 11.9 Å². The maximum absolute atomic E-state index is 5.79. The highest BCUT2D eigenvalue weighted by atomic mass is 15.3. The Hall–Kier alpha value is -2.22. The van der Waals surface area contributed by atoms with Gasteiger partial charge in [0.1, 0.15) is 6.33 Å². The standard InChI is InChI=1S/C13H20N8/c1-19(8-9-20-5-2-3-6-20)12-16-11(14)17-13(18-12)21-7-4-15-10-21/h4,7,10H,2-3,5-6,8-9H2,1H3,(H2,14,16,17,18). The number of rotatable bonds is 5. The summed E-state index contributed by atoms with van der Waals surface area (Å²) in [5.41, 5.74) is 5.79. The van der Waals surface area contributed by atoms with Gasteiger partial charge in [-0.05, 0) is 25.9 Å². The average Bonchev–Trinajstić information content (AvgIpc) is 3.17. The first kappa shape index (κ1) is 13.7. The van der Waals surface area contributed by atoms with Crippen LogP contribution in [-0.2, 0) is 0 Å². The van der Waals surface area contributed by atoms with E-state index in [9.17, 15) is 0 Å². The Balaban J connectivity index is 1.71. The lowest BCUT2D eigenvalue weighted by molar-refractivity contribution is 0.346. The van der Waals surface area contributed by atoms with Crippen molar-refractivity contribution in [1.29, 1.82) is 0 Å². The lowest BCUT2D eigenvalue weighted by Crippen LogP contribution is -2.32. The predicted molar refractivity (Wildman–Crippen MR) is 80.3 cm³/mol. The lowest BCUT2D eigenvalue weighted by atomic mass is 10.4. The minimum atomic E-state index is 0.219. The van der Waals surface area contributed by atoms with Gasteiger partial charge in [0.15, 0.2) is 0 Å². The molecule has 0 bridgehead atoms. The van der Waals surface area contributed by atoms with Gasteiger partial charge in [0, 0.05) is 32.5 Å². The van der Waals surface area contributed by atoms with Crippen LogP contribution in [0.15, 0.2) is 18.7 Å². The summed E-state index contributed by atoms with van der Waals surface area (Å²) in [6.45, 7) is 4.26. The molecule has 1 saturated heterocycles. The van der Waals surface area contributed by atoms with Crippen molar-refractivity contribution in [3.05, 3.63) is 18.7 Å². The molecule has 8 nitrogen and oxygen atoms in total. The van der Waals surface area contributed by atoms with E-state index in [-0.39, 0.29) is 5.95 Å². The third-order valence-corrected chi connectivity index (χ3v) is 3.66. The van der Waals surface area contributed by atoms with Crippen LogP contribution in [0.1, 0.15) is 12.8 Å². The van der Waals surface area contributed by atoms with E-state index in [0.717, 1.165) is 13.1 Å². The first-order chi connectivity index (χ1) is 10.2. The van der Waals surface area contributed by atoms with Crippen molar-refractivity contribution in [2.24, 2.45) is 0 Å². The summed E-state index contributed by atoms with van der Waals surface area (Å²) in [5, 5.41) is 0. The van der Waals surface area contributed by atoms with Gasteiger partial charge in [0.05, 0.1) is 0 Å². The minimum Gasteiger partial charge on any atom is -0.368 e. The maximum atomic E-state index is 5.79. The van der Waals surface area contributed by atoms with Crippen LogP contribution in [-0.4, -0.2) is 62.6 Å². The summed E-state index contributed by atoms with van der Waals surface area (Å²) in [7, 11) is 1.97. The first-order valence-electron chi connectivity index (χ1n) is 7.16. The van der Waals surface area contributed by atoms with Crippen molar-refractivity contribution < 1.29 is 0 Å². The molecule has 3 rings (SSSR count). The number of nitrogens with zero attached hydrogens (tertiary/aromatic N) is 7. The Kier molecular flexibility index (Phi) is 3.96. The van der Waals surface area contributed by atoms with Gasteiger partial charge in [0.25, 0.3) is 0 Å². The average molecular weight is 288 g/mol. The number of likely N-dealkylation sites (N-methyl/N-ethyl adjacent to an activating group) is 1. The molecule has 0 aromatic carbocycles. The van der Waals surface area contributed by atoms with Crippen LogP contribution in [0.4, 0.5) is 11.9 Å². The van der Waals surface area contributed by atoms with Crippen molar-refractivity contribution in [1.82, 2.24) is 29.4 Å². The molecule has 0 spiro atoms. The molecule has 0 aliphatic carbocycles. The lowest BCUT2D eigenvalue weighted by Gasteiger charge is -2.21. The number of anilines is 2. The molecular formula is C13H20N8. The van der Waals surface area contributed by atoms with Crippen LogP contribution in [0.2, 0.25) is 0 Å². The summed E-state index contributed by atoms with van der Waals surface area (Å²) < 4.78 is 1.72. The molecule has 2 aromatic heterocycles. The van der Waals surface area contributed by atoms with E-state index < -0.39 is 0 Å². The largest absolute Gasteiger partial charge is 0.368 e. The van der Waals surface area contributed by atoms with Crippen LogP contribution in [0.5, 0.6) is 0 Å². The second kappa shape index (κ2) is 6.04. The van der Waals surface area contributed by atoms with E-state index >= 15 is 0 Å². The molecule has 2 aromatic rings. The maximum Gasteiger partial charge on any atom is 0.241 e. The van der Waals surface area contributed by atoms with Gasteiger partial charge in [-0.15, -0.1) is 0 Å². The fourth-order valence-electron chi connectivity index (χ4n) is 2.43. The fraction of sp³-hybridized carbons (Fsp3) is 0.538. The summed E-state index contributed by atoms with van der Waals surface area (Å²) in [6, 6.07) is 0. The van der Waals surface area contributed by atoms with E-state index in [2.05, 4.69) is 24.8 Å². The normalized spacial score (nSPS) is 15.5. The van der Waals surface area contributed by atoms with E-state index in [1.54, 1.807) is 23.3 Å². The van der Waals surface area contributed by atoms with Gasteiger partial charge >= 0.3 is 0 Å². The highest BCUT2D eigenvalue weighted by molar-refractivity contribution is 5.37. The minimum absolute atomic E-state index is 0.219. The molecule has 1 aliphatic rings. The van der Waals surface area contributed by atoms with Crippen LogP contribution in [0, 0.1) is 0 Å². The van der Waals surface area contributed by atoms with Gasteiger partial charge in [-0.1, -0.05) is 0 Å². The zero-order chi connectivity index (χ0) is 14.7. The number of hydrogen-bond donors (Lipinski definition) is 1. The van der Waals surface area contributed by atoms with Crippen LogP contribution < -0.4 is 10.6 Å². The van der Waals surface area contributed by atoms with Crippen molar-refractivity contribution in [3.63, 3.8) is 0 Å². The summed E-state index contributed by atoms with van der Waals surface area (Å²) in [4.78, 5) is 21.3. The van der Waals surface area contributed by atoms with Crippen molar-refractivity contribution in [2.75, 3.05) is 43.9 Å². The summed E-state index contributed by atoms with van der Waals surface area (Å²) in [6.07, 6.45) is 7.70. The zero-order valence-corrected chi connectivity index (χ0v) is 12.2. The van der Waals surface area contributed by atoms with Crippen LogP contribution in [0.25, 0.3) is 5.95 Å². The van der Waals surface area contributed by atoms with Crippen LogP contribution in [0.3, 0.4) is 0 Å². The number of imidazole rings is 1. The second-order valence-electron chi connectivity index (χ2n) is 5.23. The Morgan fingerprint density at radius 2 is 2.05 bits per heavy atom. The van der Waals surface area contributed by atoms with Gasteiger partial charge in [-0.3, -0.25) is 4.57 Å². The van der Waals surface area contributed by atoms with E-state index in [0.29, 0.717) is 11.9 Å². The molecule has 2 N–H and O–H groups in total. The molecule has 0 atom stereocenters. The van der Waals surface area contributed by atoms with E-state index in [4.69, 9.17) is 5.73 Å².